The number of rotatable bonds is 5. The van der Waals surface area contributed by atoms with Crippen LogP contribution in [0.1, 0.15) is 54.0 Å². The summed E-state index contributed by atoms with van der Waals surface area (Å²) in [6, 6.07) is 15.9. The number of hydrogen-bond donors (Lipinski definition) is 0. The lowest BCUT2D eigenvalue weighted by Crippen LogP contribution is -1.96. The zero-order chi connectivity index (χ0) is 14.5. The van der Waals surface area contributed by atoms with Crippen molar-refractivity contribution in [1.82, 2.24) is 0 Å². The Morgan fingerprint density at radius 3 is 2.20 bits per heavy atom. The molecule has 0 fully saturated rings. The van der Waals surface area contributed by atoms with Gasteiger partial charge in [0.2, 0.25) is 0 Å². The van der Waals surface area contributed by atoms with Crippen molar-refractivity contribution in [3.05, 3.63) is 70.3 Å². The van der Waals surface area contributed by atoms with Crippen molar-refractivity contribution >= 4 is 0 Å². The lowest BCUT2D eigenvalue weighted by molar-refractivity contribution is 0.806. The summed E-state index contributed by atoms with van der Waals surface area (Å²) in [5, 5.41) is 0. The quantitative estimate of drug-likeness (QED) is 0.660. The van der Waals surface area contributed by atoms with Gasteiger partial charge in [-0.25, -0.2) is 0 Å². The second-order valence-electron chi connectivity index (χ2n) is 6.18. The van der Waals surface area contributed by atoms with Gasteiger partial charge in [0, 0.05) is 0 Å². The molecule has 0 aromatic heterocycles. The highest BCUT2D eigenvalue weighted by atomic mass is 14.1. The summed E-state index contributed by atoms with van der Waals surface area (Å²) in [6.45, 7) is 8.90. The molecule has 2 rings (SSSR count). The minimum Gasteiger partial charge on any atom is -0.0591 e. The average molecular weight is 266 g/mol. The fraction of sp³-hybridized carbons (Fsp3) is 0.400. The van der Waals surface area contributed by atoms with Gasteiger partial charge in [-0.05, 0) is 61.3 Å². The molecule has 0 amide bonds. The molecule has 0 saturated carbocycles. The van der Waals surface area contributed by atoms with Crippen LogP contribution in [0.25, 0.3) is 0 Å². The summed E-state index contributed by atoms with van der Waals surface area (Å²) in [5.74, 6) is 0.617. The molecule has 0 heteroatoms. The third-order valence-corrected chi connectivity index (χ3v) is 4.07. The van der Waals surface area contributed by atoms with Gasteiger partial charge in [0.05, 0.1) is 0 Å². The number of hydrogen-bond acceptors (Lipinski definition) is 0. The van der Waals surface area contributed by atoms with Crippen molar-refractivity contribution < 1.29 is 0 Å². The first-order valence-electron chi connectivity index (χ1n) is 7.71. The van der Waals surface area contributed by atoms with E-state index in [1.165, 1.54) is 47.1 Å². The van der Waals surface area contributed by atoms with Gasteiger partial charge in [0.1, 0.15) is 0 Å². The molecule has 0 unspecified atom stereocenters. The molecule has 2 aromatic carbocycles. The van der Waals surface area contributed by atoms with Crippen LogP contribution < -0.4 is 0 Å². The van der Waals surface area contributed by atoms with E-state index in [9.17, 15) is 0 Å². The van der Waals surface area contributed by atoms with E-state index in [1.807, 2.05) is 0 Å². The van der Waals surface area contributed by atoms with Gasteiger partial charge >= 0.3 is 0 Å². The monoisotopic (exact) mass is 266 g/mol. The van der Waals surface area contributed by atoms with Gasteiger partial charge < -0.3 is 0 Å². The minimum atomic E-state index is 0.617. The molecule has 106 valence electrons. The van der Waals surface area contributed by atoms with E-state index >= 15 is 0 Å². The molecule has 0 nitrogen and oxygen atoms in total. The van der Waals surface area contributed by atoms with Crippen molar-refractivity contribution in [3.63, 3.8) is 0 Å². The first-order valence-corrected chi connectivity index (χ1v) is 7.71. The molecule has 0 aliphatic rings. The van der Waals surface area contributed by atoms with Crippen molar-refractivity contribution in [2.75, 3.05) is 0 Å². The summed E-state index contributed by atoms with van der Waals surface area (Å²) in [5.41, 5.74) is 7.20. The Hall–Kier alpha value is -1.56. The van der Waals surface area contributed by atoms with Crippen LogP contribution in [0.15, 0.2) is 42.5 Å². The van der Waals surface area contributed by atoms with Crippen LogP contribution in [0.3, 0.4) is 0 Å². The molecule has 2 aromatic rings. The molecule has 0 aliphatic heterocycles. The van der Waals surface area contributed by atoms with Crippen LogP contribution in [-0.4, -0.2) is 0 Å². The van der Waals surface area contributed by atoms with Crippen LogP contribution in [-0.2, 0) is 12.8 Å². The third-order valence-electron chi connectivity index (χ3n) is 4.07. The normalized spacial score (nSPS) is 11.1. The lowest BCUT2D eigenvalue weighted by atomic mass is 9.94. The zero-order valence-corrected chi connectivity index (χ0v) is 13.2. The van der Waals surface area contributed by atoms with Gasteiger partial charge in [-0.3, -0.25) is 0 Å². The Labute approximate surface area is 123 Å². The topological polar surface area (TPSA) is 0 Å². The maximum Gasteiger partial charge on any atom is -0.0219 e. The van der Waals surface area contributed by atoms with Crippen molar-refractivity contribution in [2.24, 2.45) is 0 Å². The fourth-order valence-electron chi connectivity index (χ4n) is 2.56. The van der Waals surface area contributed by atoms with Crippen molar-refractivity contribution in [1.29, 1.82) is 0 Å². The highest BCUT2D eigenvalue weighted by molar-refractivity contribution is 5.33. The van der Waals surface area contributed by atoms with E-state index in [1.54, 1.807) is 0 Å². The largest absolute Gasteiger partial charge is 0.0591 e. The standard InChI is InChI=1S/C20H26/c1-15(2)19-13-10-17(4)20(14-19)7-5-6-18-11-8-16(3)9-12-18/h8-15H,5-7H2,1-4H3. The van der Waals surface area contributed by atoms with Gasteiger partial charge in [-0.1, -0.05) is 61.9 Å². The smallest absolute Gasteiger partial charge is 0.0219 e. The van der Waals surface area contributed by atoms with Gasteiger partial charge in [-0.15, -0.1) is 0 Å². The van der Waals surface area contributed by atoms with Crippen LogP contribution in [0, 0.1) is 13.8 Å². The van der Waals surface area contributed by atoms with Gasteiger partial charge in [0.15, 0.2) is 0 Å². The fourth-order valence-corrected chi connectivity index (χ4v) is 2.56. The van der Waals surface area contributed by atoms with E-state index in [0.29, 0.717) is 5.92 Å². The predicted octanol–water partition coefficient (Wildman–Crippen LogP) is 5.60. The third kappa shape index (κ3) is 3.96. The Morgan fingerprint density at radius 1 is 0.850 bits per heavy atom. The second-order valence-corrected chi connectivity index (χ2v) is 6.18. The SMILES string of the molecule is Cc1ccc(CCCc2cc(C(C)C)ccc2C)cc1. The molecule has 0 spiro atoms. The second kappa shape index (κ2) is 6.74. The van der Waals surface area contributed by atoms with Crippen LogP contribution >= 0.6 is 0 Å². The Balaban J connectivity index is 1.96. The van der Waals surface area contributed by atoms with Crippen LogP contribution in [0.2, 0.25) is 0 Å². The molecule has 0 heterocycles. The number of aryl methyl sites for hydroxylation is 4. The van der Waals surface area contributed by atoms with E-state index in [0.717, 1.165) is 0 Å². The minimum absolute atomic E-state index is 0.617. The summed E-state index contributed by atoms with van der Waals surface area (Å²) in [4.78, 5) is 0. The molecule has 0 saturated heterocycles. The Kier molecular flexibility index (Phi) is 5.00. The Morgan fingerprint density at radius 2 is 1.55 bits per heavy atom. The van der Waals surface area contributed by atoms with Crippen LogP contribution in [0.4, 0.5) is 0 Å². The molecule has 20 heavy (non-hydrogen) atoms. The summed E-state index contributed by atoms with van der Waals surface area (Å²) in [7, 11) is 0. The first kappa shape index (κ1) is 14.8. The summed E-state index contributed by atoms with van der Waals surface area (Å²) >= 11 is 0. The highest BCUT2D eigenvalue weighted by Gasteiger charge is 2.04. The van der Waals surface area contributed by atoms with Crippen molar-refractivity contribution in [2.45, 2.75) is 52.9 Å². The first-order chi connectivity index (χ1) is 9.56. The molecule has 0 N–H and O–H groups in total. The highest BCUT2D eigenvalue weighted by Crippen LogP contribution is 2.20. The molecule has 0 radical (unpaired) electrons. The number of benzene rings is 2. The van der Waals surface area contributed by atoms with Crippen molar-refractivity contribution in [3.8, 4) is 0 Å². The molecular weight excluding hydrogens is 240 g/mol. The lowest BCUT2D eigenvalue weighted by Gasteiger charge is -2.11. The molecule has 0 bridgehead atoms. The van der Waals surface area contributed by atoms with Crippen LogP contribution in [0.5, 0.6) is 0 Å². The molecular formula is C20H26. The van der Waals surface area contributed by atoms with E-state index < -0.39 is 0 Å². The molecule has 0 aliphatic carbocycles. The van der Waals surface area contributed by atoms with Gasteiger partial charge in [-0.2, -0.15) is 0 Å². The summed E-state index contributed by atoms with van der Waals surface area (Å²) < 4.78 is 0. The van der Waals surface area contributed by atoms with E-state index in [2.05, 4.69) is 70.2 Å². The van der Waals surface area contributed by atoms with Gasteiger partial charge in [0.25, 0.3) is 0 Å². The average Bonchev–Trinajstić information content (AvgIpc) is 2.43. The predicted molar refractivity (Wildman–Crippen MR) is 88.5 cm³/mol. The summed E-state index contributed by atoms with van der Waals surface area (Å²) in [6.07, 6.45) is 3.58. The maximum absolute atomic E-state index is 2.40. The zero-order valence-electron chi connectivity index (χ0n) is 13.2. The molecule has 0 atom stereocenters. The van der Waals surface area contributed by atoms with E-state index in [4.69, 9.17) is 0 Å². The van der Waals surface area contributed by atoms with E-state index in [-0.39, 0.29) is 0 Å². The Bertz CT molecular complexity index is 547. The maximum atomic E-state index is 2.40.